The minimum Gasteiger partial charge on any atom is -0.289 e. The molecule has 1 aliphatic carbocycles. The molecule has 25 heavy (non-hydrogen) atoms. The van der Waals surface area contributed by atoms with Gasteiger partial charge >= 0.3 is 0 Å². The van der Waals surface area contributed by atoms with E-state index < -0.39 is 4.92 Å². The molecule has 0 bridgehead atoms. The third-order valence-electron chi connectivity index (χ3n) is 4.34. The van der Waals surface area contributed by atoms with Crippen LogP contribution in [0.4, 0.5) is 5.69 Å². The fourth-order valence-electron chi connectivity index (χ4n) is 3.15. The number of carbonyl (C=O) groups excluding carboxylic acids is 2. The zero-order valence-electron chi connectivity index (χ0n) is 12.9. The molecule has 0 atom stereocenters. The van der Waals surface area contributed by atoms with Crippen LogP contribution in [0.5, 0.6) is 0 Å². The lowest BCUT2D eigenvalue weighted by Crippen LogP contribution is -2.21. The number of hydrogen-bond donors (Lipinski definition) is 0. The highest BCUT2D eigenvalue weighted by Gasteiger charge is 2.31. The summed E-state index contributed by atoms with van der Waals surface area (Å²) in [4.78, 5) is 36.0. The third-order valence-corrected chi connectivity index (χ3v) is 4.34. The van der Waals surface area contributed by atoms with Crippen LogP contribution in [0.2, 0.25) is 0 Å². The Kier molecular flexibility index (Phi) is 3.28. The normalized spacial score (nSPS) is 12.5. The minimum absolute atomic E-state index is 0.0266. The van der Waals surface area contributed by atoms with E-state index in [0.29, 0.717) is 33.4 Å². The Bertz CT molecular complexity index is 1050. The Morgan fingerprint density at radius 2 is 1.20 bits per heavy atom. The lowest BCUT2D eigenvalue weighted by atomic mass is 9.80. The van der Waals surface area contributed by atoms with Gasteiger partial charge in [-0.2, -0.15) is 0 Å². The topological polar surface area (TPSA) is 77.3 Å². The first-order valence-corrected chi connectivity index (χ1v) is 7.64. The Morgan fingerprint density at radius 1 is 0.640 bits per heavy atom. The number of hydrogen-bond acceptors (Lipinski definition) is 4. The molecule has 0 saturated carbocycles. The summed E-state index contributed by atoms with van der Waals surface area (Å²) < 4.78 is 0. The molecule has 0 heterocycles. The molecule has 0 unspecified atom stereocenters. The molecule has 0 fully saturated rings. The molecule has 0 saturated heterocycles. The summed E-state index contributed by atoms with van der Waals surface area (Å²) in [6, 6.07) is 17.8. The molecule has 0 aliphatic heterocycles. The maximum Gasteiger partial charge on any atom is 0.269 e. The van der Waals surface area contributed by atoms with Crippen molar-refractivity contribution in [2.75, 3.05) is 0 Å². The lowest BCUT2D eigenvalue weighted by molar-refractivity contribution is -0.384. The van der Waals surface area contributed by atoms with E-state index in [1.54, 1.807) is 54.6 Å². The molecule has 0 spiro atoms. The predicted molar refractivity (Wildman–Crippen MR) is 91.8 cm³/mol. The molecule has 3 aromatic rings. The second kappa shape index (κ2) is 5.49. The van der Waals surface area contributed by atoms with Crippen LogP contribution in [0.25, 0.3) is 11.1 Å². The molecule has 4 rings (SSSR count). The van der Waals surface area contributed by atoms with Gasteiger partial charge in [0.1, 0.15) is 0 Å². The van der Waals surface area contributed by atoms with Gasteiger partial charge < -0.3 is 0 Å². The van der Waals surface area contributed by atoms with Crippen LogP contribution in [0, 0.1) is 10.1 Å². The summed E-state index contributed by atoms with van der Waals surface area (Å²) >= 11 is 0. The average Bonchev–Trinajstić information content (AvgIpc) is 2.65. The first kappa shape index (κ1) is 15.0. The van der Waals surface area contributed by atoms with Crippen molar-refractivity contribution in [1.82, 2.24) is 0 Å². The molecular weight excluding hydrogens is 318 g/mol. The molecule has 0 aromatic heterocycles. The van der Waals surface area contributed by atoms with Crippen molar-refractivity contribution in [2.45, 2.75) is 0 Å². The van der Waals surface area contributed by atoms with Gasteiger partial charge in [0.25, 0.3) is 5.69 Å². The van der Waals surface area contributed by atoms with Gasteiger partial charge in [0, 0.05) is 34.4 Å². The summed E-state index contributed by atoms with van der Waals surface area (Å²) in [7, 11) is 0. The van der Waals surface area contributed by atoms with Gasteiger partial charge in [0.15, 0.2) is 11.6 Å². The van der Waals surface area contributed by atoms with Gasteiger partial charge in [0.2, 0.25) is 0 Å². The Balaban J connectivity index is 1.92. The number of non-ortho nitro benzene ring substituents is 1. The molecule has 5 nitrogen and oxygen atoms in total. The predicted octanol–water partition coefficient (Wildman–Crippen LogP) is 4.04. The van der Waals surface area contributed by atoms with Crippen molar-refractivity contribution in [3.63, 3.8) is 0 Å². The first-order valence-electron chi connectivity index (χ1n) is 7.64. The molecule has 0 amide bonds. The van der Waals surface area contributed by atoms with E-state index in [9.17, 15) is 19.7 Å². The Morgan fingerprint density at radius 3 is 1.84 bits per heavy atom. The van der Waals surface area contributed by atoms with E-state index >= 15 is 0 Å². The van der Waals surface area contributed by atoms with Crippen LogP contribution in [-0.2, 0) is 0 Å². The molecule has 1 aliphatic rings. The van der Waals surface area contributed by atoms with Gasteiger partial charge in [-0.1, -0.05) is 42.5 Å². The highest BCUT2D eigenvalue weighted by atomic mass is 16.6. The van der Waals surface area contributed by atoms with Crippen molar-refractivity contribution in [3.05, 3.63) is 99.1 Å². The van der Waals surface area contributed by atoms with E-state index in [1.165, 1.54) is 12.1 Å². The SMILES string of the molecule is O=C1c2ccccc2C(=O)c2c1cccc2-c1ccc([N+](=O)[O-])cc1. The zero-order valence-corrected chi connectivity index (χ0v) is 12.9. The summed E-state index contributed by atoms with van der Waals surface area (Å²) in [5.41, 5.74) is 2.72. The lowest BCUT2D eigenvalue weighted by Gasteiger charge is -2.20. The van der Waals surface area contributed by atoms with Crippen molar-refractivity contribution < 1.29 is 14.5 Å². The van der Waals surface area contributed by atoms with Gasteiger partial charge in [-0.25, -0.2) is 0 Å². The van der Waals surface area contributed by atoms with E-state index in [1.807, 2.05) is 0 Å². The first-order chi connectivity index (χ1) is 12.1. The van der Waals surface area contributed by atoms with E-state index in [4.69, 9.17) is 0 Å². The Hall–Kier alpha value is -3.60. The van der Waals surface area contributed by atoms with Gasteiger partial charge in [-0.15, -0.1) is 0 Å². The number of nitro benzene ring substituents is 1. The van der Waals surface area contributed by atoms with Gasteiger partial charge in [-0.3, -0.25) is 19.7 Å². The highest BCUT2D eigenvalue weighted by molar-refractivity contribution is 6.30. The molecule has 3 aromatic carbocycles. The van der Waals surface area contributed by atoms with Crippen molar-refractivity contribution >= 4 is 17.3 Å². The van der Waals surface area contributed by atoms with E-state index in [2.05, 4.69) is 0 Å². The fraction of sp³-hybridized carbons (Fsp3) is 0. The summed E-state index contributed by atoms with van der Waals surface area (Å²) in [5, 5.41) is 10.8. The van der Waals surface area contributed by atoms with E-state index in [0.717, 1.165) is 0 Å². The number of ketones is 2. The van der Waals surface area contributed by atoms with Crippen molar-refractivity contribution in [1.29, 1.82) is 0 Å². The number of benzene rings is 3. The molecular formula is C20H11NO4. The summed E-state index contributed by atoms with van der Waals surface area (Å²) in [6.07, 6.45) is 0. The van der Waals surface area contributed by atoms with Crippen LogP contribution in [0.1, 0.15) is 31.8 Å². The van der Waals surface area contributed by atoms with Crippen LogP contribution >= 0.6 is 0 Å². The van der Waals surface area contributed by atoms with Gasteiger partial charge in [0.05, 0.1) is 4.92 Å². The molecule has 5 heteroatoms. The number of nitrogens with zero attached hydrogens (tertiary/aromatic N) is 1. The number of fused-ring (bicyclic) bond motifs is 2. The summed E-state index contributed by atoms with van der Waals surface area (Å²) in [6.45, 7) is 0. The largest absolute Gasteiger partial charge is 0.289 e. The van der Waals surface area contributed by atoms with Gasteiger partial charge in [-0.05, 0) is 23.3 Å². The average molecular weight is 329 g/mol. The van der Waals surface area contributed by atoms with Crippen LogP contribution in [0.3, 0.4) is 0 Å². The summed E-state index contributed by atoms with van der Waals surface area (Å²) in [5.74, 6) is -0.395. The molecule has 120 valence electrons. The quantitative estimate of drug-likeness (QED) is 0.411. The van der Waals surface area contributed by atoms with Crippen LogP contribution < -0.4 is 0 Å². The van der Waals surface area contributed by atoms with Crippen LogP contribution in [0.15, 0.2) is 66.7 Å². The van der Waals surface area contributed by atoms with Crippen LogP contribution in [-0.4, -0.2) is 16.5 Å². The third kappa shape index (κ3) is 2.25. The molecule has 0 N–H and O–H groups in total. The Labute approximate surface area is 142 Å². The standard InChI is InChI=1S/C20H11NO4/c22-19-15-4-1-2-5-16(15)20(23)18-14(6-3-7-17(18)19)12-8-10-13(11-9-12)21(24)25/h1-11H. The van der Waals surface area contributed by atoms with E-state index in [-0.39, 0.29) is 17.3 Å². The van der Waals surface area contributed by atoms with Crippen molar-refractivity contribution in [3.8, 4) is 11.1 Å². The minimum atomic E-state index is -0.477. The number of nitro groups is 1. The maximum absolute atomic E-state index is 13.0. The fourth-order valence-corrected chi connectivity index (χ4v) is 3.15. The highest BCUT2D eigenvalue weighted by Crippen LogP contribution is 2.34. The second-order valence-corrected chi connectivity index (χ2v) is 5.74. The zero-order chi connectivity index (χ0) is 17.6. The number of carbonyl (C=O) groups is 2. The number of rotatable bonds is 2. The molecule has 0 radical (unpaired) electrons. The maximum atomic E-state index is 13.0. The second-order valence-electron chi connectivity index (χ2n) is 5.74. The van der Waals surface area contributed by atoms with Crippen molar-refractivity contribution in [2.24, 2.45) is 0 Å². The smallest absolute Gasteiger partial charge is 0.269 e. The monoisotopic (exact) mass is 329 g/mol.